The van der Waals surface area contributed by atoms with Crippen LogP contribution in [0, 0.1) is 0 Å². The standard InChI is InChI=1S/C24H26N8O3/c1-24(2,3)35-23(34)32-10-8-31(9-11-32)22-12-17(4-5-27-22)19-13-18(28-16-33)14-20(29-19)30-21-15-25-6-7-26-21/h4-7,12-15H,8-11H2,1-3H3,(H,26,29,30). The summed E-state index contributed by atoms with van der Waals surface area (Å²) in [6, 6.07) is 7.09. The summed E-state index contributed by atoms with van der Waals surface area (Å²) in [7, 11) is 0. The number of aromatic nitrogens is 4. The van der Waals surface area contributed by atoms with E-state index in [1.165, 1.54) is 0 Å². The second-order valence-electron chi connectivity index (χ2n) is 8.87. The third-order valence-corrected chi connectivity index (χ3v) is 5.10. The molecule has 3 aromatic heterocycles. The summed E-state index contributed by atoms with van der Waals surface area (Å²) in [4.78, 5) is 48.2. The molecule has 1 aliphatic rings. The van der Waals surface area contributed by atoms with Crippen LogP contribution in [-0.4, -0.2) is 68.8 Å². The third kappa shape index (κ3) is 6.36. The first-order valence-electron chi connectivity index (χ1n) is 11.1. The molecule has 4 heterocycles. The fourth-order valence-corrected chi connectivity index (χ4v) is 3.54. The molecule has 0 atom stereocenters. The van der Waals surface area contributed by atoms with Gasteiger partial charge in [-0.1, -0.05) is 0 Å². The summed E-state index contributed by atoms with van der Waals surface area (Å²) < 4.78 is 5.47. The second kappa shape index (κ2) is 10.3. The van der Waals surface area contributed by atoms with Crippen LogP contribution in [0.3, 0.4) is 0 Å². The Hall–Kier alpha value is -4.37. The number of nitrogens with zero attached hydrogens (tertiary/aromatic N) is 7. The van der Waals surface area contributed by atoms with Crippen molar-refractivity contribution < 1.29 is 14.3 Å². The van der Waals surface area contributed by atoms with Gasteiger partial charge in [-0.05, 0) is 39.0 Å². The molecule has 1 N–H and O–H groups in total. The molecule has 1 fully saturated rings. The van der Waals surface area contributed by atoms with E-state index < -0.39 is 5.60 Å². The first-order chi connectivity index (χ1) is 16.8. The Morgan fingerprint density at radius 2 is 1.86 bits per heavy atom. The molecule has 0 saturated carbocycles. The fraction of sp³-hybridized carbons (Fsp3) is 0.333. The van der Waals surface area contributed by atoms with Crippen LogP contribution in [0.5, 0.6) is 0 Å². The molecule has 1 amide bonds. The molecule has 0 spiro atoms. The first-order valence-corrected chi connectivity index (χ1v) is 11.1. The zero-order valence-corrected chi connectivity index (χ0v) is 19.8. The second-order valence-corrected chi connectivity index (χ2v) is 8.87. The summed E-state index contributed by atoms with van der Waals surface area (Å²) in [5.41, 5.74) is 1.28. The molecule has 180 valence electrons. The monoisotopic (exact) mass is 474 g/mol. The zero-order valence-electron chi connectivity index (χ0n) is 19.8. The van der Waals surface area contributed by atoms with E-state index in [-0.39, 0.29) is 6.09 Å². The number of piperazine rings is 1. The van der Waals surface area contributed by atoms with Crippen LogP contribution in [0.2, 0.25) is 0 Å². The van der Waals surface area contributed by atoms with Gasteiger partial charge in [-0.15, -0.1) is 0 Å². The number of isocyanates is 1. The molecule has 11 nitrogen and oxygen atoms in total. The van der Waals surface area contributed by atoms with E-state index in [0.29, 0.717) is 49.2 Å². The van der Waals surface area contributed by atoms with Gasteiger partial charge in [0.1, 0.15) is 23.1 Å². The van der Waals surface area contributed by atoms with Crippen LogP contribution in [0.25, 0.3) is 11.3 Å². The molecule has 11 heteroatoms. The highest BCUT2D eigenvalue weighted by Crippen LogP contribution is 2.28. The Balaban J connectivity index is 1.53. The summed E-state index contributed by atoms with van der Waals surface area (Å²) in [6.07, 6.45) is 7.68. The van der Waals surface area contributed by atoms with Crippen LogP contribution in [0.15, 0.2) is 54.0 Å². The van der Waals surface area contributed by atoms with E-state index in [9.17, 15) is 9.59 Å². The number of hydrogen-bond acceptors (Lipinski definition) is 10. The van der Waals surface area contributed by atoms with Crippen molar-refractivity contribution in [1.82, 2.24) is 24.8 Å². The number of pyridine rings is 2. The maximum absolute atomic E-state index is 12.4. The lowest BCUT2D eigenvalue weighted by Crippen LogP contribution is -2.50. The molecule has 3 aromatic rings. The van der Waals surface area contributed by atoms with Crippen molar-refractivity contribution in [1.29, 1.82) is 0 Å². The van der Waals surface area contributed by atoms with Crippen LogP contribution < -0.4 is 10.2 Å². The molecule has 1 aliphatic heterocycles. The predicted molar refractivity (Wildman–Crippen MR) is 131 cm³/mol. The number of anilines is 3. The van der Waals surface area contributed by atoms with E-state index >= 15 is 0 Å². The van der Waals surface area contributed by atoms with Gasteiger partial charge in [-0.25, -0.2) is 24.5 Å². The topological polar surface area (TPSA) is 126 Å². The van der Waals surface area contributed by atoms with Gasteiger partial charge < -0.3 is 19.9 Å². The normalized spacial score (nSPS) is 13.7. The van der Waals surface area contributed by atoms with Gasteiger partial charge in [0.15, 0.2) is 0 Å². The number of rotatable bonds is 5. The molecular weight excluding hydrogens is 448 g/mol. The number of hydrogen-bond donors (Lipinski definition) is 1. The van der Waals surface area contributed by atoms with Crippen molar-refractivity contribution in [2.75, 3.05) is 36.4 Å². The summed E-state index contributed by atoms with van der Waals surface area (Å²) in [5, 5.41) is 3.07. The molecule has 0 unspecified atom stereocenters. The Morgan fingerprint density at radius 3 is 2.54 bits per heavy atom. The molecule has 1 saturated heterocycles. The van der Waals surface area contributed by atoms with Gasteiger partial charge >= 0.3 is 6.09 Å². The number of aliphatic imine (C=N–C) groups is 1. The molecule has 0 radical (unpaired) electrons. The van der Waals surface area contributed by atoms with Gasteiger partial charge in [0.05, 0.1) is 17.6 Å². The van der Waals surface area contributed by atoms with Gasteiger partial charge in [0.2, 0.25) is 6.08 Å². The maximum Gasteiger partial charge on any atom is 0.410 e. The van der Waals surface area contributed by atoms with Crippen molar-refractivity contribution in [3.05, 3.63) is 49.1 Å². The number of carbonyl (C=O) groups is 1. The largest absolute Gasteiger partial charge is 0.444 e. The SMILES string of the molecule is CC(C)(C)OC(=O)N1CCN(c2cc(-c3cc(N=C=O)cc(Nc4cnccn4)n3)ccn2)CC1. The van der Waals surface area contributed by atoms with Gasteiger partial charge in [-0.3, -0.25) is 4.98 Å². The van der Waals surface area contributed by atoms with E-state index in [2.05, 4.69) is 35.1 Å². The lowest BCUT2D eigenvalue weighted by Gasteiger charge is -2.36. The van der Waals surface area contributed by atoms with Crippen molar-refractivity contribution in [2.45, 2.75) is 26.4 Å². The fourth-order valence-electron chi connectivity index (χ4n) is 3.54. The third-order valence-electron chi connectivity index (χ3n) is 5.10. The number of carbonyl (C=O) groups excluding carboxylic acids is 2. The minimum absolute atomic E-state index is 0.307. The van der Waals surface area contributed by atoms with Crippen molar-refractivity contribution in [3.8, 4) is 11.3 Å². The Morgan fingerprint density at radius 1 is 1.06 bits per heavy atom. The van der Waals surface area contributed by atoms with Gasteiger partial charge in [-0.2, -0.15) is 4.99 Å². The predicted octanol–water partition coefficient (Wildman–Crippen LogP) is 3.70. The van der Waals surface area contributed by atoms with E-state index in [4.69, 9.17) is 4.74 Å². The number of nitrogens with one attached hydrogen (secondary N) is 1. The first kappa shape index (κ1) is 23.8. The highest BCUT2D eigenvalue weighted by molar-refractivity contribution is 5.71. The minimum atomic E-state index is -0.527. The smallest absolute Gasteiger partial charge is 0.410 e. The van der Waals surface area contributed by atoms with Crippen LogP contribution in [0.4, 0.5) is 27.9 Å². The zero-order chi connectivity index (χ0) is 24.8. The molecule has 0 bridgehead atoms. The van der Waals surface area contributed by atoms with E-state index in [0.717, 1.165) is 11.4 Å². The average Bonchev–Trinajstić information content (AvgIpc) is 2.84. The van der Waals surface area contributed by atoms with E-state index in [1.807, 2.05) is 32.9 Å². The molecule has 0 aromatic carbocycles. The van der Waals surface area contributed by atoms with Crippen molar-refractivity contribution in [2.24, 2.45) is 4.99 Å². The lowest BCUT2D eigenvalue weighted by atomic mass is 10.1. The van der Waals surface area contributed by atoms with Crippen LogP contribution >= 0.6 is 0 Å². The Bertz CT molecular complexity index is 1230. The minimum Gasteiger partial charge on any atom is -0.444 e. The summed E-state index contributed by atoms with van der Waals surface area (Å²) in [6.45, 7) is 7.89. The van der Waals surface area contributed by atoms with Crippen molar-refractivity contribution in [3.63, 3.8) is 0 Å². The maximum atomic E-state index is 12.4. The number of ether oxygens (including phenoxy) is 1. The summed E-state index contributed by atoms with van der Waals surface area (Å²) in [5.74, 6) is 1.73. The average molecular weight is 475 g/mol. The molecule has 0 aliphatic carbocycles. The van der Waals surface area contributed by atoms with E-state index in [1.54, 1.807) is 47.9 Å². The summed E-state index contributed by atoms with van der Waals surface area (Å²) >= 11 is 0. The Kier molecular flexibility index (Phi) is 6.98. The molecular formula is C24H26N8O3. The number of amides is 1. The molecule has 4 rings (SSSR count). The quantitative estimate of drug-likeness (QED) is 0.435. The highest BCUT2D eigenvalue weighted by Gasteiger charge is 2.26. The highest BCUT2D eigenvalue weighted by atomic mass is 16.6. The van der Waals surface area contributed by atoms with Crippen LogP contribution in [-0.2, 0) is 9.53 Å². The van der Waals surface area contributed by atoms with Gasteiger partial charge in [0.25, 0.3) is 0 Å². The lowest BCUT2D eigenvalue weighted by molar-refractivity contribution is 0.0240. The molecule has 35 heavy (non-hydrogen) atoms. The van der Waals surface area contributed by atoms with Crippen molar-refractivity contribution >= 4 is 35.3 Å². The Labute approximate surface area is 202 Å². The van der Waals surface area contributed by atoms with Gasteiger partial charge in [0, 0.05) is 56.4 Å². The van der Waals surface area contributed by atoms with Crippen LogP contribution in [0.1, 0.15) is 20.8 Å².